The lowest BCUT2D eigenvalue weighted by atomic mass is 9.95. The number of furan rings is 1. The van der Waals surface area contributed by atoms with Crippen LogP contribution in [-0.4, -0.2) is 29.2 Å². The van der Waals surface area contributed by atoms with Gasteiger partial charge in [0.05, 0.1) is 0 Å². The second-order valence-corrected chi connectivity index (χ2v) is 5.51. The van der Waals surface area contributed by atoms with Gasteiger partial charge in [0.15, 0.2) is 11.0 Å². The third-order valence-corrected chi connectivity index (χ3v) is 3.77. The van der Waals surface area contributed by atoms with Crippen LogP contribution < -0.4 is 0 Å². The van der Waals surface area contributed by atoms with E-state index in [0.717, 1.165) is 31.3 Å². The Morgan fingerprint density at radius 1 is 1.59 bits per heavy atom. The van der Waals surface area contributed by atoms with Gasteiger partial charge in [0.1, 0.15) is 0 Å². The third-order valence-electron chi connectivity index (χ3n) is 3.11. The Labute approximate surface area is 114 Å². The van der Waals surface area contributed by atoms with Crippen LogP contribution >= 0.6 is 27.5 Å². The summed E-state index contributed by atoms with van der Waals surface area (Å²) in [6.07, 6.45) is 3.38. The maximum Gasteiger partial charge on any atom is 0.289 e. The molecule has 0 spiro atoms. The van der Waals surface area contributed by atoms with Crippen molar-refractivity contribution in [3.63, 3.8) is 0 Å². The minimum atomic E-state index is -0.0452. The van der Waals surface area contributed by atoms with Crippen LogP contribution in [0.3, 0.4) is 0 Å². The van der Waals surface area contributed by atoms with Gasteiger partial charge in [-0.1, -0.05) is 15.9 Å². The first-order valence-corrected chi connectivity index (χ1v) is 7.31. The van der Waals surface area contributed by atoms with Crippen LogP contribution in [0, 0.1) is 5.92 Å². The third kappa shape index (κ3) is 3.26. The zero-order chi connectivity index (χ0) is 12.3. The predicted molar refractivity (Wildman–Crippen MR) is 70.8 cm³/mol. The van der Waals surface area contributed by atoms with Crippen LogP contribution in [0.5, 0.6) is 0 Å². The van der Waals surface area contributed by atoms with Gasteiger partial charge in [-0.15, -0.1) is 0 Å². The highest BCUT2D eigenvalue weighted by atomic mass is 79.9. The molecular formula is C12H15BrClNO2. The lowest BCUT2D eigenvalue weighted by Gasteiger charge is -2.31. The summed E-state index contributed by atoms with van der Waals surface area (Å²) in [6, 6.07) is 3.24. The molecule has 1 fully saturated rings. The van der Waals surface area contributed by atoms with E-state index in [9.17, 15) is 4.79 Å². The van der Waals surface area contributed by atoms with Gasteiger partial charge in [0.2, 0.25) is 0 Å². The first-order chi connectivity index (χ1) is 8.20. The van der Waals surface area contributed by atoms with Crippen LogP contribution in [0.2, 0.25) is 5.22 Å². The summed E-state index contributed by atoms with van der Waals surface area (Å²) >= 11 is 9.13. The molecule has 1 aliphatic heterocycles. The van der Waals surface area contributed by atoms with Crippen molar-refractivity contribution in [2.45, 2.75) is 19.3 Å². The maximum absolute atomic E-state index is 12.1. The van der Waals surface area contributed by atoms with Gasteiger partial charge in [0.25, 0.3) is 5.91 Å². The molecule has 1 unspecified atom stereocenters. The van der Waals surface area contributed by atoms with Crippen LogP contribution in [0.1, 0.15) is 29.8 Å². The van der Waals surface area contributed by atoms with Gasteiger partial charge in [-0.3, -0.25) is 4.79 Å². The van der Waals surface area contributed by atoms with Crippen molar-refractivity contribution in [2.24, 2.45) is 5.92 Å². The normalized spacial score (nSPS) is 20.6. The van der Waals surface area contributed by atoms with Crippen LogP contribution in [0.25, 0.3) is 0 Å². The zero-order valence-electron chi connectivity index (χ0n) is 9.49. The Morgan fingerprint density at radius 2 is 2.41 bits per heavy atom. The van der Waals surface area contributed by atoms with E-state index in [2.05, 4.69) is 15.9 Å². The SMILES string of the molecule is O=C(c1ccc(Cl)o1)N1CCCC(CCBr)C1. The summed E-state index contributed by atoms with van der Waals surface area (Å²) in [5.41, 5.74) is 0. The molecule has 0 aliphatic carbocycles. The van der Waals surface area contributed by atoms with Crippen molar-refractivity contribution in [1.82, 2.24) is 4.90 Å². The quantitative estimate of drug-likeness (QED) is 0.798. The van der Waals surface area contributed by atoms with Gasteiger partial charge >= 0.3 is 0 Å². The Balaban J connectivity index is 1.99. The molecule has 0 aromatic carbocycles. The second-order valence-electron chi connectivity index (χ2n) is 4.34. The summed E-state index contributed by atoms with van der Waals surface area (Å²) < 4.78 is 5.16. The van der Waals surface area contributed by atoms with Crippen LogP contribution in [0.15, 0.2) is 16.5 Å². The summed E-state index contributed by atoms with van der Waals surface area (Å²) in [6.45, 7) is 1.64. The standard InChI is InChI=1S/C12H15BrClNO2/c13-6-5-9-2-1-7-15(8-9)12(16)10-3-4-11(14)17-10/h3-4,9H,1-2,5-8H2. The monoisotopic (exact) mass is 319 g/mol. The fourth-order valence-corrected chi connectivity index (χ4v) is 3.02. The average molecular weight is 321 g/mol. The molecule has 2 rings (SSSR count). The van der Waals surface area contributed by atoms with E-state index in [0.29, 0.717) is 11.7 Å². The highest BCUT2D eigenvalue weighted by Gasteiger charge is 2.25. The second kappa shape index (κ2) is 5.91. The number of likely N-dealkylation sites (tertiary alicyclic amines) is 1. The number of alkyl halides is 1. The number of piperidine rings is 1. The van der Waals surface area contributed by atoms with E-state index in [1.54, 1.807) is 12.1 Å². The molecule has 5 heteroatoms. The lowest BCUT2D eigenvalue weighted by molar-refractivity contribution is 0.0640. The molecule has 17 heavy (non-hydrogen) atoms. The van der Waals surface area contributed by atoms with Gasteiger partial charge in [-0.05, 0) is 48.9 Å². The van der Waals surface area contributed by atoms with E-state index in [1.165, 1.54) is 6.42 Å². The van der Waals surface area contributed by atoms with Gasteiger partial charge in [0, 0.05) is 18.4 Å². The fraction of sp³-hybridized carbons (Fsp3) is 0.583. The molecule has 1 aliphatic rings. The van der Waals surface area contributed by atoms with Crippen molar-refractivity contribution < 1.29 is 9.21 Å². The summed E-state index contributed by atoms with van der Waals surface area (Å²) in [5, 5.41) is 1.26. The molecule has 0 radical (unpaired) electrons. The molecule has 1 amide bonds. The largest absolute Gasteiger partial charge is 0.440 e. The molecule has 3 nitrogen and oxygen atoms in total. The smallest absolute Gasteiger partial charge is 0.289 e. The van der Waals surface area contributed by atoms with Crippen molar-refractivity contribution in [3.05, 3.63) is 23.1 Å². The molecule has 1 aromatic rings. The average Bonchev–Trinajstić information content (AvgIpc) is 2.76. The van der Waals surface area contributed by atoms with E-state index < -0.39 is 0 Å². The topological polar surface area (TPSA) is 33.5 Å². The van der Waals surface area contributed by atoms with Gasteiger partial charge < -0.3 is 9.32 Å². The highest BCUT2D eigenvalue weighted by Crippen LogP contribution is 2.23. The number of halogens is 2. The Kier molecular flexibility index (Phi) is 4.51. The molecule has 0 bridgehead atoms. The van der Waals surface area contributed by atoms with E-state index >= 15 is 0 Å². The van der Waals surface area contributed by atoms with E-state index in [1.807, 2.05) is 4.90 Å². The first kappa shape index (κ1) is 13.0. The van der Waals surface area contributed by atoms with Crippen molar-refractivity contribution >= 4 is 33.4 Å². The number of carbonyl (C=O) groups excluding carboxylic acids is 1. The zero-order valence-corrected chi connectivity index (χ0v) is 11.8. The Morgan fingerprint density at radius 3 is 3.06 bits per heavy atom. The van der Waals surface area contributed by atoms with Crippen molar-refractivity contribution in [1.29, 1.82) is 0 Å². The molecule has 1 saturated heterocycles. The number of carbonyl (C=O) groups is 1. The molecule has 0 N–H and O–H groups in total. The summed E-state index contributed by atoms with van der Waals surface area (Å²) in [5.74, 6) is 0.892. The molecule has 1 aromatic heterocycles. The first-order valence-electron chi connectivity index (χ1n) is 5.81. The number of hydrogen-bond acceptors (Lipinski definition) is 2. The molecule has 1 atom stereocenters. The number of nitrogens with zero attached hydrogens (tertiary/aromatic N) is 1. The molecular weight excluding hydrogens is 305 g/mol. The molecule has 94 valence electrons. The molecule has 0 saturated carbocycles. The maximum atomic E-state index is 12.1. The van der Waals surface area contributed by atoms with Crippen molar-refractivity contribution in [2.75, 3.05) is 18.4 Å². The number of rotatable bonds is 3. The predicted octanol–water partition coefficient (Wildman–Crippen LogP) is 3.57. The fourth-order valence-electron chi connectivity index (χ4n) is 2.22. The number of hydrogen-bond donors (Lipinski definition) is 0. The lowest BCUT2D eigenvalue weighted by Crippen LogP contribution is -2.39. The molecule has 2 heterocycles. The Bertz CT molecular complexity index is 392. The summed E-state index contributed by atoms with van der Waals surface area (Å²) in [7, 11) is 0. The highest BCUT2D eigenvalue weighted by molar-refractivity contribution is 9.09. The van der Waals surface area contributed by atoms with Crippen LogP contribution in [-0.2, 0) is 0 Å². The van der Waals surface area contributed by atoms with E-state index in [-0.39, 0.29) is 11.1 Å². The minimum absolute atomic E-state index is 0.0452. The van der Waals surface area contributed by atoms with Crippen molar-refractivity contribution in [3.8, 4) is 0 Å². The Hall–Kier alpha value is -0.480. The van der Waals surface area contributed by atoms with Gasteiger partial charge in [-0.25, -0.2) is 0 Å². The van der Waals surface area contributed by atoms with E-state index in [4.69, 9.17) is 16.0 Å². The minimum Gasteiger partial charge on any atom is -0.440 e. The van der Waals surface area contributed by atoms with Gasteiger partial charge in [-0.2, -0.15) is 0 Å². The number of amides is 1. The van der Waals surface area contributed by atoms with Crippen LogP contribution in [0.4, 0.5) is 0 Å². The summed E-state index contributed by atoms with van der Waals surface area (Å²) in [4.78, 5) is 14.0.